The summed E-state index contributed by atoms with van der Waals surface area (Å²) in [5.74, 6) is 0.551. The molecule has 0 fully saturated rings. The fourth-order valence-electron chi connectivity index (χ4n) is 0.696. The van der Waals surface area contributed by atoms with Crippen LogP contribution in [0.5, 0.6) is 0 Å². The number of hydrogen-bond donors (Lipinski definition) is 0. The Morgan fingerprint density at radius 2 is 2.20 bits per heavy atom. The van der Waals surface area contributed by atoms with Gasteiger partial charge in [-0.2, -0.15) is 0 Å². The van der Waals surface area contributed by atoms with Crippen LogP contribution < -0.4 is 0 Å². The van der Waals surface area contributed by atoms with E-state index in [-0.39, 0.29) is 0 Å². The van der Waals surface area contributed by atoms with Crippen molar-refractivity contribution in [3.63, 3.8) is 0 Å². The summed E-state index contributed by atoms with van der Waals surface area (Å²) in [7, 11) is 0. The van der Waals surface area contributed by atoms with Crippen LogP contribution in [0, 0.1) is 12.5 Å². The summed E-state index contributed by atoms with van der Waals surface area (Å²) in [5, 5.41) is 0. The number of hydrogen-bond acceptors (Lipinski definition) is 0. The lowest BCUT2D eigenvalue weighted by Gasteiger charge is -2.04. The lowest BCUT2D eigenvalue weighted by atomic mass is 10.0. The average molecular weight is 137 g/mol. The normalized spacial score (nSPS) is 14.9. The minimum atomic E-state index is 0.551. The van der Waals surface area contributed by atoms with Gasteiger partial charge in [-0.05, 0) is 32.6 Å². The van der Waals surface area contributed by atoms with Crippen molar-refractivity contribution >= 4 is 0 Å². The van der Waals surface area contributed by atoms with E-state index >= 15 is 0 Å². The zero-order valence-corrected chi connectivity index (χ0v) is 7.22. The van der Waals surface area contributed by atoms with Gasteiger partial charge >= 0.3 is 0 Å². The van der Waals surface area contributed by atoms with Gasteiger partial charge in [-0.25, -0.2) is 0 Å². The smallest absolute Gasteiger partial charge is 0.0256 e. The molecule has 0 aromatic heterocycles. The molecule has 0 N–H and O–H groups in total. The molecule has 0 spiro atoms. The van der Waals surface area contributed by atoms with E-state index < -0.39 is 0 Å². The molecule has 0 heterocycles. The zero-order chi connectivity index (χ0) is 7.98. The Hall–Kier alpha value is -0.520. The molecule has 1 unspecified atom stereocenters. The highest BCUT2D eigenvalue weighted by atomic mass is 14.0. The van der Waals surface area contributed by atoms with E-state index in [1.807, 2.05) is 0 Å². The lowest BCUT2D eigenvalue weighted by molar-refractivity contribution is 0.644. The highest BCUT2D eigenvalue weighted by Crippen LogP contribution is 2.11. The molecule has 0 bridgehead atoms. The van der Waals surface area contributed by atoms with Crippen LogP contribution in [0.15, 0.2) is 17.7 Å². The van der Waals surface area contributed by atoms with E-state index in [4.69, 9.17) is 6.58 Å². The van der Waals surface area contributed by atoms with E-state index in [1.54, 1.807) is 6.08 Å². The van der Waals surface area contributed by atoms with Crippen molar-refractivity contribution in [3.8, 4) is 0 Å². The van der Waals surface area contributed by atoms with Gasteiger partial charge in [0.25, 0.3) is 0 Å². The third-order valence-corrected chi connectivity index (χ3v) is 1.82. The van der Waals surface area contributed by atoms with Gasteiger partial charge < -0.3 is 0 Å². The molecule has 0 amide bonds. The van der Waals surface area contributed by atoms with Gasteiger partial charge in [0.1, 0.15) is 0 Å². The molecular formula is C10H17. The van der Waals surface area contributed by atoms with Crippen LogP contribution in [0.1, 0.15) is 33.6 Å². The molecule has 10 heavy (non-hydrogen) atoms. The molecule has 1 radical (unpaired) electrons. The SMILES string of the molecule is [CH]=CC(C)CCC(C)=CC. The second kappa shape index (κ2) is 5.28. The van der Waals surface area contributed by atoms with Crippen LogP contribution in [0.4, 0.5) is 0 Å². The maximum absolute atomic E-state index is 5.36. The van der Waals surface area contributed by atoms with Gasteiger partial charge in [0, 0.05) is 0 Å². The van der Waals surface area contributed by atoms with Crippen molar-refractivity contribution in [3.05, 3.63) is 24.3 Å². The fraction of sp³-hybridized carbons (Fsp3) is 0.600. The molecule has 0 aliphatic rings. The summed E-state index contributed by atoms with van der Waals surface area (Å²) < 4.78 is 0. The number of rotatable bonds is 4. The molecule has 0 saturated carbocycles. The minimum Gasteiger partial charge on any atom is -0.0887 e. The quantitative estimate of drug-likeness (QED) is 0.521. The van der Waals surface area contributed by atoms with E-state index in [0.717, 1.165) is 0 Å². The first-order valence-corrected chi connectivity index (χ1v) is 3.87. The lowest BCUT2D eigenvalue weighted by Crippen LogP contribution is -1.88. The summed E-state index contributed by atoms with van der Waals surface area (Å²) in [4.78, 5) is 0. The van der Waals surface area contributed by atoms with Crippen LogP contribution in [0.2, 0.25) is 0 Å². The molecule has 0 aliphatic carbocycles. The summed E-state index contributed by atoms with van der Waals surface area (Å²) in [6.45, 7) is 11.7. The third kappa shape index (κ3) is 4.37. The maximum Gasteiger partial charge on any atom is -0.0256 e. The first kappa shape index (κ1) is 9.48. The maximum atomic E-state index is 5.36. The average Bonchev–Trinajstić information content (AvgIpc) is 1.99. The molecule has 0 saturated heterocycles. The molecule has 0 aromatic rings. The van der Waals surface area contributed by atoms with Gasteiger partial charge in [-0.1, -0.05) is 31.2 Å². The van der Waals surface area contributed by atoms with E-state index in [9.17, 15) is 0 Å². The molecular weight excluding hydrogens is 120 g/mol. The van der Waals surface area contributed by atoms with Crippen LogP contribution in [0.25, 0.3) is 0 Å². The predicted molar refractivity (Wildman–Crippen MR) is 46.7 cm³/mol. The molecule has 0 aliphatic heterocycles. The zero-order valence-electron chi connectivity index (χ0n) is 7.22. The molecule has 1 atom stereocenters. The Balaban J connectivity index is 3.44. The van der Waals surface area contributed by atoms with Crippen molar-refractivity contribution in [2.24, 2.45) is 5.92 Å². The van der Waals surface area contributed by atoms with Crippen LogP contribution in [-0.2, 0) is 0 Å². The fourth-order valence-corrected chi connectivity index (χ4v) is 0.696. The standard InChI is InChI=1S/C10H17/c1-5-9(3)7-8-10(4)6-2/h1,5-6,9H,7-8H2,2-4H3. The van der Waals surface area contributed by atoms with Crippen LogP contribution in [0.3, 0.4) is 0 Å². The second-order valence-corrected chi connectivity index (χ2v) is 2.84. The molecule has 0 nitrogen and oxygen atoms in total. The van der Waals surface area contributed by atoms with Crippen molar-refractivity contribution in [2.45, 2.75) is 33.6 Å². The highest BCUT2D eigenvalue weighted by molar-refractivity contribution is 4.96. The van der Waals surface area contributed by atoms with Gasteiger partial charge in [-0.15, -0.1) is 0 Å². The van der Waals surface area contributed by atoms with Crippen molar-refractivity contribution in [1.82, 2.24) is 0 Å². The van der Waals surface area contributed by atoms with E-state index in [1.165, 1.54) is 18.4 Å². The molecule has 0 aromatic carbocycles. The van der Waals surface area contributed by atoms with Gasteiger partial charge in [-0.3, -0.25) is 0 Å². The highest BCUT2D eigenvalue weighted by Gasteiger charge is 1.95. The topological polar surface area (TPSA) is 0 Å². The van der Waals surface area contributed by atoms with Crippen molar-refractivity contribution in [1.29, 1.82) is 0 Å². The Morgan fingerprint density at radius 3 is 2.60 bits per heavy atom. The van der Waals surface area contributed by atoms with E-state index in [2.05, 4.69) is 26.8 Å². The first-order chi connectivity index (χ1) is 4.70. The Labute approximate surface area is 64.6 Å². The Morgan fingerprint density at radius 1 is 1.60 bits per heavy atom. The largest absolute Gasteiger partial charge is 0.0887 e. The van der Waals surface area contributed by atoms with Crippen LogP contribution >= 0.6 is 0 Å². The van der Waals surface area contributed by atoms with Crippen molar-refractivity contribution < 1.29 is 0 Å². The number of allylic oxidation sites excluding steroid dienone is 3. The van der Waals surface area contributed by atoms with E-state index in [0.29, 0.717) is 5.92 Å². The first-order valence-electron chi connectivity index (χ1n) is 3.87. The predicted octanol–water partition coefficient (Wildman–Crippen LogP) is 3.36. The summed E-state index contributed by atoms with van der Waals surface area (Å²) in [5.41, 5.74) is 1.45. The van der Waals surface area contributed by atoms with Gasteiger partial charge in [0.05, 0.1) is 0 Å². The van der Waals surface area contributed by atoms with Gasteiger partial charge in [0.15, 0.2) is 0 Å². The Kier molecular flexibility index (Phi) is 5.00. The molecule has 0 heteroatoms. The minimum absolute atomic E-state index is 0.551. The monoisotopic (exact) mass is 137 g/mol. The third-order valence-electron chi connectivity index (χ3n) is 1.82. The van der Waals surface area contributed by atoms with Gasteiger partial charge in [0.2, 0.25) is 0 Å². The Bertz CT molecular complexity index is 120. The summed E-state index contributed by atoms with van der Waals surface area (Å²) in [6.07, 6.45) is 6.27. The van der Waals surface area contributed by atoms with Crippen LogP contribution in [-0.4, -0.2) is 0 Å². The molecule has 57 valence electrons. The second-order valence-electron chi connectivity index (χ2n) is 2.84. The summed E-state index contributed by atoms with van der Waals surface area (Å²) in [6, 6.07) is 0. The van der Waals surface area contributed by atoms with Crippen molar-refractivity contribution in [2.75, 3.05) is 0 Å². The molecule has 0 rings (SSSR count). The summed E-state index contributed by atoms with van der Waals surface area (Å²) >= 11 is 0.